The van der Waals surface area contributed by atoms with Crippen LogP contribution < -0.4 is 20.7 Å². The maximum Gasteiger partial charge on any atom is 0.407 e. The Bertz CT molecular complexity index is 614. The van der Waals surface area contributed by atoms with Crippen molar-refractivity contribution in [2.75, 3.05) is 26.2 Å². The number of aliphatic imine (C=N–C) groups is 1. The molecule has 0 fully saturated rings. The van der Waals surface area contributed by atoms with Crippen molar-refractivity contribution in [3.05, 3.63) is 23.9 Å². The number of carbonyl (C=O) groups excluding carboxylic acids is 1. The number of pyridine rings is 1. The van der Waals surface area contributed by atoms with E-state index >= 15 is 0 Å². The van der Waals surface area contributed by atoms with Crippen molar-refractivity contribution in [3.8, 4) is 5.88 Å². The van der Waals surface area contributed by atoms with Gasteiger partial charge in [-0.25, -0.2) is 14.8 Å². The molecule has 1 aromatic rings. The van der Waals surface area contributed by atoms with Crippen molar-refractivity contribution in [1.82, 2.24) is 20.9 Å². The van der Waals surface area contributed by atoms with Gasteiger partial charge >= 0.3 is 6.09 Å². The molecule has 1 heterocycles. The Kier molecular flexibility index (Phi) is 10.8. The number of hydrogen-bond donors (Lipinski definition) is 3. The third-order valence-electron chi connectivity index (χ3n) is 3.36. The SMILES string of the molecule is CCCOc1ncccc1CN=C(NCC)NCCCNC(=O)OC(C)(C)C. The molecule has 0 aliphatic heterocycles. The van der Waals surface area contributed by atoms with E-state index < -0.39 is 11.7 Å². The molecule has 0 saturated carbocycles. The summed E-state index contributed by atoms with van der Waals surface area (Å²) in [6.45, 7) is 12.7. The molecule has 0 aliphatic carbocycles. The van der Waals surface area contributed by atoms with Gasteiger partial charge in [0, 0.05) is 31.4 Å². The first-order valence-electron chi connectivity index (χ1n) is 9.91. The number of aromatic nitrogens is 1. The number of hydrogen-bond acceptors (Lipinski definition) is 5. The summed E-state index contributed by atoms with van der Waals surface area (Å²) in [4.78, 5) is 20.5. The van der Waals surface area contributed by atoms with Crippen LogP contribution in [0.1, 0.15) is 53.0 Å². The average Bonchev–Trinajstić information content (AvgIpc) is 2.63. The Morgan fingerprint density at radius 3 is 2.61 bits per heavy atom. The van der Waals surface area contributed by atoms with Crippen LogP contribution in [0.25, 0.3) is 0 Å². The molecule has 0 bridgehead atoms. The van der Waals surface area contributed by atoms with Gasteiger partial charge in [-0.1, -0.05) is 13.0 Å². The monoisotopic (exact) mass is 393 g/mol. The zero-order valence-electron chi connectivity index (χ0n) is 17.8. The Balaban J connectivity index is 2.45. The predicted molar refractivity (Wildman–Crippen MR) is 112 cm³/mol. The zero-order valence-corrected chi connectivity index (χ0v) is 17.8. The van der Waals surface area contributed by atoms with Crippen molar-refractivity contribution in [3.63, 3.8) is 0 Å². The van der Waals surface area contributed by atoms with Crippen molar-refractivity contribution >= 4 is 12.1 Å². The van der Waals surface area contributed by atoms with Gasteiger partial charge in [0.05, 0.1) is 13.2 Å². The smallest absolute Gasteiger partial charge is 0.407 e. The van der Waals surface area contributed by atoms with Crippen LogP contribution in [-0.4, -0.2) is 48.9 Å². The summed E-state index contributed by atoms with van der Waals surface area (Å²) in [5, 5.41) is 9.22. The first kappa shape index (κ1) is 23.5. The Morgan fingerprint density at radius 1 is 1.18 bits per heavy atom. The number of guanidine groups is 1. The lowest BCUT2D eigenvalue weighted by Crippen LogP contribution is -2.39. The number of rotatable bonds is 10. The fourth-order valence-electron chi connectivity index (χ4n) is 2.18. The standard InChI is InChI=1S/C20H35N5O3/c1-6-14-27-17-16(10-8-11-22-17)15-25-18(21-7-2)23-12-9-13-24-19(26)28-20(3,4)5/h8,10-11H,6-7,9,12-15H2,1-5H3,(H,24,26)(H2,21,23,25). The lowest BCUT2D eigenvalue weighted by molar-refractivity contribution is 0.0527. The first-order valence-corrected chi connectivity index (χ1v) is 9.91. The zero-order chi connectivity index (χ0) is 20.8. The van der Waals surface area contributed by atoms with E-state index in [1.54, 1.807) is 6.20 Å². The molecule has 1 aromatic heterocycles. The van der Waals surface area contributed by atoms with Gasteiger partial charge in [0.2, 0.25) is 5.88 Å². The van der Waals surface area contributed by atoms with Gasteiger partial charge in [-0.3, -0.25) is 0 Å². The van der Waals surface area contributed by atoms with Crippen molar-refractivity contribution in [2.45, 2.75) is 59.6 Å². The summed E-state index contributed by atoms with van der Waals surface area (Å²) in [7, 11) is 0. The van der Waals surface area contributed by atoms with E-state index in [1.165, 1.54) is 0 Å². The Morgan fingerprint density at radius 2 is 1.93 bits per heavy atom. The summed E-state index contributed by atoms with van der Waals surface area (Å²) in [6, 6.07) is 3.85. The van der Waals surface area contributed by atoms with E-state index in [-0.39, 0.29) is 0 Å². The fourth-order valence-corrected chi connectivity index (χ4v) is 2.18. The van der Waals surface area contributed by atoms with Gasteiger partial charge in [-0.15, -0.1) is 0 Å². The molecule has 0 radical (unpaired) electrons. The highest BCUT2D eigenvalue weighted by atomic mass is 16.6. The summed E-state index contributed by atoms with van der Waals surface area (Å²) < 4.78 is 10.9. The molecule has 0 atom stereocenters. The van der Waals surface area contributed by atoms with Gasteiger partial charge < -0.3 is 25.4 Å². The summed E-state index contributed by atoms with van der Waals surface area (Å²) >= 11 is 0. The van der Waals surface area contributed by atoms with Crippen molar-refractivity contribution in [2.24, 2.45) is 4.99 Å². The van der Waals surface area contributed by atoms with Crippen LogP contribution in [0.3, 0.4) is 0 Å². The van der Waals surface area contributed by atoms with Crippen LogP contribution in [0.2, 0.25) is 0 Å². The Hall–Kier alpha value is -2.51. The first-order chi connectivity index (χ1) is 13.4. The second-order valence-electron chi connectivity index (χ2n) is 7.22. The van der Waals surface area contributed by atoms with E-state index in [2.05, 4.69) is 32.9 Å². The topological polar surface area (TPSA) is 96.9 Å². The molecule has 1 amide bonds. The maximum atomic E-state index is 11.6. The molecule has 0 saturated heterocycles. The van der Waals surface area contributed by atoms with E-state index in [9.17, 15) is 4.79 Å². The number of amides is 1. The number of nitrogens with zero attached hydrogens (tertiary/aromatic N) is 2. The quantitative estimate of drug-likeness (QED) is 0.321. The second kappa shape index (κ2) is 12.8. The highest BCUT2D eigenvalue weighted by Gasteiger charge is 2.15. The van der Waals surface area contributed by atoms with Gasteiger partial charge in [0.1, 0.15) is 5.60 Å². The number of nitrogens with one attached hydrogen (secondary N) is 3. The van der Waals surface area contributed by atoms with Crippen LogP contribution in [-0.2, 0) is 11.3 Å². The average molecular weight is 394 g/mol. The fraction of sp³-hybridized carbons (Fsp3) is 0.650. The molecular weight excluding hydrogens is 358 g/mol. The van der Waals surface area contributed by atoms with Crippen LogP contribution in [0, 0.1) is 0 Å². The van der Waals surface area contributed by atoms with E-state index in [4.69, 9.17) is 9.47 Å². The lowest BCUT2D eigenvalue weighted by atomic mass is 10.2. The molecule has 158 valence electrons. The van der Waals surface area contributed by atoms with E-state index in [0.29, 0.717) is 38.1 Å². The molecule has 1 rings (SSSR count). The number of ether oxygens (including phenoxy) is 2. The number of alkyl carbamates (subject to hydrolysis) is 1. The van der Waals surface area contributed by atoms with Gasteiger partial charge in [-0.2, -0.15) is 0 Å². The molecule has 8 heteroatoms. The molecule has 0 aliphatic rings. The predicted octanol–water partition coefficient (Wildman–Crippen LogP) is 2.84. The minimum Gasteiger partial charge on any atom is -0.477 e. The van der Waals surface area contributed by atoms with Crippen LogP contribution in [0.5, 0.6) is 5.88 Å². The molecule has 0 spiro atoms. The minimum atomic E-state index is -0.487. The van der Waals surface area contributed by atoms with Gasteiger partial charge in [0.25, 0.3) is 0 Å². The molecule has 28 heavy (non-hydrogen) atoms. The molecule has 3 N–H and O–H groups in total. The number of carbonyl (C=O) groups is 1. The van der Waals surface area contributed by atoms with E-state index in [0.717, 1.165) is 24.9 Å². The van der Waals surface area contributed by atoms with Crippen molar-refractivity contribution < 1.29 is 14.3 Å². The van der Waals surface area contributed by atoms with Crippen LogP contribution >= 0.6 is 0 Å². The normalized spacial score (nSPS) is 11.7. The highest BCUT2D eigenvalue weighted by molar-refractivity contribution is 5.79. The summed E-state index contributed by atoms with van der Waals surface area (Å²) in [5.74, 6) is 1.34. The molecule has 8 nitrogen and oxygen atoms in total. The Labute approximate surface area is 168 Å². The minimum absolute atomic E-state index is 0.399. The van der Waals surface area contributed by atoms with Gasteiger partial charge in [-0.05, 0) is 46.6 Å². The van der Waals surface area contributed by atoms with Crippen LogP contribution in [0.15, 0.2) is 23.3 Å². The van der Waals surface area contributed by atoms with Crippen molar-refractivity contribution in [1.29, 1.82) is 0 Å². The molecule has 0 aromatic carbocycles. The van der Waals surface area contributed by atoms with Crippen LogP contribution in [0.4, 0.5) is 4.79 Å². The highest BCUT2D eigenvalue weighted by Crippen LogP contribution is 2.15. The summed E-state index contributed by atoms with van der Waals surface area (Å²) in [6.07, 6.45) is 3.01. The third-order valence-corrected chi connectivity index (χ3v) is 3.36. The third kappa shape index (κ3) is 10.6. The molecular formula is C20H35N5O3. The second-order valence-corrected chi connectivity index (χ2v) is 7.22. The van der Waals surface area contributed by atoms with Gasteiger partial charge in [0.15, 0.2) is 5.96 Å². The van der Waals surface area contributed by atoms with E-state index in [1.807, 2.05) is 39.8 Å². The molecule has 0 unspecified atom stereocenters. The maximum absolute atomic E-state index is 11.6. The largest absolute Gasteiger partial charge is 0.477 e. The lowest BCUT2D eigenvalue weighted by Gasteiger charge is -2.19. The summed E-state index contributed by atoms with van der Waals surface area (Å²) in [5.41, 5.74) is 0.457.